The van der Waals surface area contributed by atoms with Crippen molar-refractivity contribution in [1.29, 1.82) is 0 Å². The van der Waals surface area contributed by atoms with Crippen LogP contribution in [0.2, 0.25) is 0 Å². The van der Waals surface area contributed by atoms with Crippen LogP contribution in [0.3, 0.4) is 0 Å². The van der Waals surface area contributed by atoms with E-state index in [0.717, 1.165) is 0 Å². The van der Waals surface area contributed by atoms with Crippen LogP contribution in [0.4, 0.5) is 5.82 Å². The fourth-order valence-corrected chi connectivity index (χ4v) is 1.53. The van der Waals surface area contributed by atoms with Crippen molar-refractivity contribution in [3.63, 3.8) is 0 Å². The van der Waals surface area contributed by atoms with Crippen molar-refractivity contribution in [3.05, 3.63) is 22.2 Å². The minimum atomic E-state index is -0.172. The molecule has 0 atom stereocenters. The Balaban J connectivity index is 3.31. The number of rotatable bonds is 3. The summed E-state index contributed by atoms with van der Waals surface area (Å²) < 4.78 is 2.83. The summed E-state index contributed by atoms with van der Waals surface area (Å²) >= 11 is 1.94. The van der Waals surface area contributed by atoms with Crippen molar-refractivity contribution in [1.82, 2.24) is 9.97 Å². The number of hydrogen-bond acceptors (Lipinski definition) is 4. The fraction of sp³-hybridized carbons (Fsp3) is 0.375. The summed E-state index contributed by atoms with van der Waals surface area (Å²) in [5, 5.41) is 0. The lowest BCUT2D eigenvalue weighted by molar-refractivity contribution is 1.09. The summed E-state index contributed by atoms with van der Waals surface area (Å²) in [5.74, 6) is 0.545. The van der Waals surface area contributed by atoms with Crippen LogP contribution in [0.15, 0.2) is 16.1 Å². The monoisotopic (exact) mass is 306 g/mol. The number of H-pyrrole nitrogens is 1. The van der Waals surface area contributed by atoms with Gasteiger partial charge in [0.2, 0.25) is 0 Å². The molecule has 0 amide bonds. The molecule has 0 aromatic carbocycles. The molecule has 0 saturated carbocycles. The smallest absolute Gasteiger partial charge is 0.261 e. The van der Waals surface area contributed by atoms with Crippen LogP contribution < -0.4 is 9.09 Å². The average Bonchev–Trinajstić information content (AvgIpc) is 2.17. The highest BCUT2D eigenvalue weighted by Gasteiger charge is 2.10. The van der Waals surface area contributed by atoms with Crippen molar-refractivity contribution >= 4 is 34.4 Å². The first-order valence-electron chi connectivity index (χ1n) is 4.16. The standard InChI is InChI=1S/C8H11IN4O/c1-3-10-5(2)6-7(13-9)11-4-12-8(6)14/h4H,3H2,1-2H3,(H2,11,12,13,14). The molecule has 6 heteroatoms. The first-order valence-corrected chi connectivity index (χ1v) is 5.24. The summed E-state index contributed by atoms with van der Waals surface area (Å²) in [6, 6.07) is 0. The van der Waals surface area contributed by atoms with Crippen LogP contribution >= 0.6 is 22.9 Å². The number of nitrogens with zero attached hydrogens (tertiary/aromatic N) is 2. The van der Waals surface area contributed by atoms with Gasteiger partial charge in [-0.1, -0.05) is 0 Å². The molecule has 2 N–H and O–H groups in total. The van der Waals surface area contributed by atoms with E-state index in [2.05, 4.69) is 18.5 Å². The van der Waals surface area contributed by atoms with Gasteiger partial charge in [-0.15, -0.1) is 0 Å². The van der Waals surface area contributed by atoms with E-state index >= 15 is 0 Å². The molecule has 5 nitrogen and oxygen atoms in total. The molecule has 1 rings (SSSR count). The van der Waals surface area contributed by atoms with E-state index in [0.29, 0.717) is 23.6 Å². The van der Waals surface area contributed by atoms with E-state index in [4.69, 9.17) is 0 Å². The fourth-order valence-electron chi connectivity index (χ4n) is 1.12. The third kappa shape index (κ3) is 2.31. The van der Waals surface area contributed by atoms with Gasteiger partial charge in [0.05, 0.1) is 29.2 Å². The zero-order chi connectivity index (χ0) is 10.6. The number of nitrogens with one attached hydrogen (secondary N) is 2. The first kappa shape index (κ1) is 11.2. The molecular weight excluding hydrogens is 295 g/mol. The van der Waals surface area contributed by atoms with Gasteiger partial charge in [0.15, 0.2) is 5.82 Å². The predicted molar refractivity (Wildman–Crippen MR) is 65.3 cm³/mol. The second kappa shape index (κ2) is 5.08. The molecule has 0 aliphatic rings. The maximum Gasteiger partial charge on any atom is 0.261 e. The Kier molecular flexibility index (Phi) is 4.05. The largest absolute Gasteiger partial charge is 0.312 e. The van der Waals surface area contributed by atoms with Crippen molar-refractivity contribution in [2.24, 2.45) is 4.99 Å². The number of anilines is 1. The molecule has 1 aromatic rings. The molecule has 0 aliphatic carbocycles. The van der Waals surface area contributed by atoms with E-state index in [1.165, 1.54) is 6.33 Å². The second-order valence-corrected chi connectivity index (χ2v) is 3.15. The minimum Gasteiger partial charge on any atom is -0.312 e. The number of aromatic nitrogens is 2. The molecule has 76 valence electrons. The highest BCUT2D eigenvalue weighted by Crippen LogP contribution is 2.09. The van der Waals surface area contributed by atoms with Crippen LogP contribution in [-0.4, -0.2) is 22.2 Å². The normalized spacial score (nSPS) is 11.5. The average molecular weight is 306 g/mol. The van der Waals surface area contributed by atoms with E-state index in [-0.39, 0.29) is 5.56 Å². The van der Waals surface area contributed by atoms with Crippen molar-refractivity contribution in [2.45, 2.75) is 13.8 Å². The number of halogens is 1. The molecule has 14 heavy (non-hydrogen) atoms. The van der Waals surface area contributed by atoms with Gasteiger partial charge in [0, 0.05) is 12.3 Å². The van der Waals surface area contributed by atoms with Crippen LogP contribution in [0.25, 0.3) is 0 Å². The molecule has 0 unspecified atom stereocenters. The van der Waals surface area contributed by atoms with Gasteiger partial charge in [0.25, 0.3) is 5.56 Å². The van der Waals surface area contributed by atoms with E-state index in [1.807, 2.05) is 29.8 Å². The highest BCUT2D eigenvalue weighted by molar-refractivity contribution is 14.1. The Bertz CT molecular complexity index is 399. The summed E-state index contributed by atoms with van der Waals surface area (Å²) in [6.07, 6.45) is 1.37. The molecule has 1 aromatic heterocycles. The van der Waals surface area contributed by atoms with Gasteiger partial charge in [-0.05, 0) is 13.8 Å². The Hall–Kier alpha value is -0.920. The summed E-state index contributed by atoms with van der Waals surface area (Å²) in [6.45, 7) is 4.37. The molecule has 0 saturated heterocycles. The van der Waals surface area contributed by atoms with Gasteiger partial charge < -0.3 is 8.51 Å². The third-order valence-corrected chi connectivity index (χ3v) is 2.21. The summed E-state index contributed by atoms with van der Waals surface area (Å²) in [7, 11) is 0. The van der Waals surface area contributed by atoms with Gasteiger partial charge >= 0.3 is 0 Å². The molecule has 0 radical (unpaired) electrons. The molecule has 0 aliphatic heterocycles. The summed E-state index contributed by atoms with van der Waals surface area (Å²) in [5.41, 5.74) is 1.03. The van der Waals surface area contributed by atoms with Crippen LogP contribution in [0.5, 0.6) is 0 Å². The Morgan fingerprint density at radius 3 is 3.07 bits per heavy atom. The number of aromatic amines is 1. The van der Waals surface area contributed by atoms with Gasteiger partial charge in [-0.25, -0.2) is 4.98 Å². The molecular formula is C8H11IN4O. The van der Waals surface area contributed by atoms with Crippen LogP contribution in [0, 0.1) is 0 Å². The maximum atomic E-state index is 11.5. The maximum absolute atomic E-state index is 11.5. The lowest BCUT2D eigenvalue weighted by Crippen LogP contribution is -2.19. The molecule has 0 fully saturated rings. The zero-order valence-corrected chi connectivity index (χ0v) is 10.1. The predicted octanol–water partition coefficient (Wildman–Crippen LogP) is 1.36. The quantitative estimate of drug-likeness (QED) is 0.503. The van der Waals surface area contributed by atoms with E-state index in [9.17, 15) is 4.79 Å². The third-order valence-electron chi connectivity index (χ3n) is 1.70. The van der Waals surface area contributed by atoms with Crippen LogP contribution in [-0.2, 0) is 0 Å². The van der Waals surface area contributed by atoms with Crippen molar-refractivity contribution in [3.8, 4) is 0 Å². The van der Waals surface area contributed by atoms with Gasteiger partial charge in [-0.2, -0.15) is 0 Å². The minimum absolute atomic E-state index is 0.172. The topological polar surface area (TPSA) is 70.1 Å². The Morgan fingerprint density at radius 1 is 1.79 bits per heavy atom. The molecule has 0 spiro atoms. The van der Waals surface area contributed by atoms with Crippen molar-refractivity contribution in [2.75, 3.05) is 10.1 Å². The number of aliphatic imine (C=N–C) groups is 1. The van der Waals surface area contributed by atoms with Gasteiger partial charge in [-0.3, -0.25) is 9.79 Å². The first-order chi connectivity index (χ1) is 6.70. The lowest BCUT2D eigenvalue weighted by Gasteiger charge is -2.04. The lowest BCUT2D eigenvalue weighted by atomic mass is 10.2. The van der Waals surface area contributed by atoms with Gasteiger partial charge in [0.1, 0.15) is 5.56 Å². The second-order valence-electron chi connectivity index (χ2n) is 2.61. The highest BCUT2D eigenvalue weighted by atomic mass is 127. The SMILES string of the molecule is CCN=C(C)c1c(NI)nc[nH]c1=O. The summed E-state index contributed by atoms with van der Waals surface area (Å²) in [4.78, 5) is 22.2. The Morgan fingerprint density at radius 2 is 2.50 bits per heavy atom. The molecule has 0 bridgehead atoms. The zero-order valence-electron chi connectivity index (χ0n) is 7.97. The van der Waals surface area contributed by atoms with E-state index in [1.54, 1.807) is 6.92 Å². The number of hydrogen-bond donors (Lipinski definition) is 2. The molecule has 1 heterocycles. The van der Waals surface area contributed by atoms with Crippen LogP contribution in [0.1, 0.15) is 19.4 Å². The Labute approximate surface area is 95.6 Å². The van der Waals surface area contributed by atoms with E-state index < -0.39 is 0 Å². The van der Waals surface area contributed by atoms with Crippen molar-refractivity contribution < 1.29 is 0 Å².